The van der Waals surface area contributed by atoms with Crippen LogP contribution in [0.15, 0.2) is 41.1 Å². The summed E-state index contributed by atoms with van der Waals surface area (Å²) < 4.78 is 13.5. The second kappa shape index (κ2) is 5.33. The summed E-state index contributed by atoms with van der Waals surface area (Å²) in [7, 11) is 0. The Morgan fingerprint density at radius 3 is 2.76 bits per heavy atom. The Bertz CT molecular complexity index is 504. The highest BCUT2D eigenvalue weighted by Crippen LogP contribution is 2.20. The molecule has 1 aromatic carbocycles. The number of aromatic nitrogens is 2. The maximum atomic E-state index is 13.1. The van der Waals surface area contributed by atoms with Crippen LogP contribution in [0.2, 0.25) is 0 Å². The topological polar surface area (TPSA) is 51.8 Å². The zero-order valence-corrected chi connectivity index (χ0v) is 10.6. The average molecular weight is 296 g/mol. The lowest BCUT2D eigenvalue weighted by atomic mass is 10.0. The summed E-state index contributed by atoms with van der Waals surface area (Å²) in [4.78, 5) is 0. The van der Waals surface area contributed by atoms with Gasteiger partial charge < -0.3 is 5.73 Å². The highest BCUT2D eigenvalue weighted by Gasteiger charge is 2.08. The summed E-state index contributed by atoms with van der Waals surface area (Å²) in [5, 5.41) is 7.48. The van der Waals surface area contributed by atoms with Gasteiger partial charge in [-0.1, -0.05) is 6.07 Å². The molecule has 17 heavy (non-hydrogen) atoms. The Labute approximate surface area is 107 Å². The van der Waals surface area contributed by atoms with Gasteiger partial charge >= 0.3 is 0 Å². The fraction of sp³-hybridized carbons (Fsp3) is 0.167. The first-order valence-corrected chi connectivity index (χ1v) is 5.92. The van der Waals surface area contributed by atoms with E-state index in [1.807, 2.05) is 6.07 Å². The molecule has 0 saturated heterocycles. The van der Waals surface area contributed by atoms with E-state index < -0.39 is 0 Å². The van der Waals surface area contributed by atoms with Gasteiger partial charge in [-0.3, -0.25) is 0 Å². The monoisotopic (exact) mass is 295 g/mol. The molecular formula is C12H11BrFN3. The summed E-state index contributed by atoms with van der Waals surface area (Å²) in [6, 6.07) is 6.56. The number of hydrogen-bond donors (Lipinski definition) is 1. The Balaban J connectivity index is 2.13. The fourth-order valence-electron chi connectivity index (χ4n) is 1.56. The molecule has 3 nitrogen and oxygen atoms in total. The first-order chi connectivity index (χ1) is 8.16. The third-order valence-electron chi connectivity index (χ3n) is 2.47. The molecule has 0 radical (unpaired) electrons. The van der Waals surface area contributed by atoms with Gasteiger partial charge in [0.1, 0.15) is 5.82 Å². The van der Waals surface area contributed by atoms with Crippen LogP contribution in [0.5, 0.6) is 0 Å². The highest BCUT2D eigenvalue weighted by molar-refractivity contribution is 9.10. The molecule has 1 atom stereocenters. The van der Waals surface area contributed by atoms with E-state index in [-0.39, 0.29) is 11.9 Å². The maximum absolute atomic E-state index is 13.1. The SMILES string of the molecule is NC(Cc1ccc(F)c(Br)c1)c1ccnnc1. The molecule has 1 unspecified atom stereocenters. The molecule has 2 aromatic rings. The van der Waals surface area contributed by atoms with E-state index >= 15 is 0 Å². The summed E-state index contributed by atoms with van der Waals surface area (Å²) in [5.41, 5.74) is 7.93. The zero-order valence-electron chi connectivity index (χ0n) is 8.98. The summed E-state index contributed by atoms with van der Waals surface area (Å²) in [5.74, 6) is -0.270. The minimum atomic E-state index is -0.270. The van der Waals surface area contributed by atoms with Gasteiger partial charge in [0.2, 0.25) is 0 Å². The number of nitrogens with zero attached hydrogens (tertiary/aromatic N) is 2. The van der Waals surface area contributed by atoms with E-state index in [0.29, 0.717) is 10.9 Å². The van der Waals surface area contributed by atoms with Crippen LogP contribution in [0.4, 0.5) is 4.39 Å². The molecule has 0 fully saturated rings. The van der Waals surface area contributed by atoms with Gasteiger partial charge in [0.05, 0.1) is 10.7 Å². The second-order valence-electron chi connectivity index (χ2n) is 3.73. The van der Waals surface area contributed by atoms with Gasteiger partial charge in [-0.25, -0.2) is 4.39 Å². The molecule has 2 rings (SSSR count). The minimum Gasteiger partial charge on any atom is -0.324 e. The first kappa shape index (κ1) is 12.1. The van der Waals surface area contributed by atoms with Crippen LogP contribution in [0.3, 0.4) is 0 Å². The largest absolute Gasteiger partial charge is 0.324 e. The van der Waals surface area contributed by atoms with E-state index in [1.165, 1.54) is 6.07 Å². The van der Waals surface area contributed by atoms with Gasteiger partial charge in [0.25, 0.3) is 0 Å². The molecule has 1 heterocycles. The van der Waals surface area contributed by atoms with Gasteiger partial charge in [-0.15, -0.1) is 0 Å². The van der Waals surface area contributed by atoms with Crippen LogP contribution >= 0.6 is 15.9 Å². The van der Waals surface area contributed by atoms with Crippen LogP contribution in [0, 0.1) is 5.82 Å². The summed E-state index contributed by atoms with van der Waals surface area (Å²) >= 11 is 3.15. The van der Waals surface area contributed by atoms with Crippen molar-refractivity contribution in [3.05, 3.63) is 58.1 Å². The van der Waals surface area contributed by atoms with Crippen molar-refractivity contribution in [1.29, 1.82) is 0 Å². The Morgan fingerprint density at radius 2 is 2.12 bits per heavy atom. The number of halogens is 2. The van der Waals surface area contributed by atoms with E-state index in [0.717, 1.165) is 11.1 Å². The van der Waals surface area contributed by atoms with Gasteiger partial charge in [-0.2, -0.15) is 10.2 Å². The highest BCUT2D eigenvalue weighted by atomic mass is 79.9. The van der Waals surface area contributed by atoms with Crippen LogP contribution < -0.4 is 5.73 Å². The van der Waals surface area contributed by atoms with Crippen molar-refractivity contribution in [1.82, 2.24) is 10.2 Å². The van der Waals surface area contributed by atoms with Crippen LogP contribution in [0.25, 0.3) is 0 Å². The molecule has 0 aliphatic heterocycles. The molecule has 0 amide bonds. The lowest BCUT2D eigenvalue weighted by molar-refractivity contribution is 0.618. The third kappa shape index (κ3) is 3.08. The van der Waals surface area contributed by atoms with Crippen LogP contribution in [-0.2, 0) is 6.42 Å². The van der Waals surface area contributed by atoms with E-state index in [1.54, 1.807) is 24.5 Å². The van der Waals surface area contributed by atoms with Crippen molar-refractivity contribution < 1.29 is 4.39 Å². The fourth-order valence-corrected chi connectivity index (χ4v) is 1.98. The Morgan fingerprint density at radius 1 is 1.29 bits per heavy atom. The lowest BCUT2D eigenvalue weighted by Gasteiger charge is -2.11. The summed E-state index contributed by atoms with van der Waals surface area (Å²) in [6.45, 7) is 0. The number of benzene rings is 1. The van der Waals surface area contributed by atoms with Crippen molar-refractivity contribution in [2.24, 2.45) is 5.73 Å². The summed E-state index contributed by atoms with van der Waals surface area (Å²) in [6.07, 6.45) is 3.88. The van der Waals surface area contributed by atoms with Gasteiger partial charge in [0.15, 0.2) is 0 Å². The Kier molecular flexibility index (Phi) is 3.81. The molecule has 88 valence electrons. The number of rotatable bonds is 3. The van der Waals surface area contributed by atoms with Gasteiger partial charge in [0, 0.05) is 12.2 Å². The molecule has 0 saturated carbocycles. The van der Waals surface area contributed by atoms with Crippen molar-refractivity contribution in [3.8, 4) is 0 Å². The number of nitrogens with two attached hydrogens (primary N) is 1. The standard InChI is InChI=1S/C12H11BrFN3/c13-10-5-8(1-2-11(10)14)6-12(15)9-3-4-16-17-7-9/h1-5,7,12H,6,15H2. The second-order valence-corrected chi connectivity index (χ2v) is 4.59. The molecule has 2 N–H and O–H groups in total. The van der Waals surface area contributed by atoms with Crippen LogP contribution in [-0.4, -0.2) is 10.2 Å². The molecular weight excluding hydrogens is 285 g/mol. The van der Waals surface area contributed by atoms with Crippen molar-refractivity contribution in [2.75, 3.05) is 0 Å². The van der Waals surface area contributed by atoms with Crippen molar-refractivity contribution >= 4 is 15.9 Å². The molecule has 0 aliphatic carbocycles. The van der Waals surface area contributed by atoms with Crippen molar-refractivity contribution in [3.63, 3.8) is 0 Å². The average Bonchev–Trinajstić information content (AvgIpc) is 2.35. The molecule has 0 spiro atoms. The van der Waals surface area contributed by atoms with Gasteiger partial charge in [-0.05, 0) is 51.7 Å². The molecule has 0 aliphatic rings. The van der Waals surface area contributed by atoms with Crippen LogP contribution in [0.1, 0.15) is 17.2 Å². The maximum Gasteiger partial charge on any atom is 0.137 e. The zero-order chi connectivity index (χ0) is 12.3. The van der Waals surface area contributed by atoms with E-state index in [9.17, 15) is 4.39 Å². The third-order valence-corrected chi connectivity index (χ3v) is 3.08. The first-order valence-electron chi connectivity index (χ1n) is 5.13. The predicted octanol–water partition coefficient (Wildman–Crippen LogP) is 2.62. The predicted molar refractivity (Wildman–Crippen MR) is 66.8 cm³/mol. The molecule has 0 bridgehead atoms. The minimum absolute atomic E-state index is 0.164. The lowest BCUT2D eigenvalue weighted by Crippen LogP contribution is -2.13. The quantitative estimate of drug-likeness (QED) is 0.947. The normalized spacial score (nSPS) is 12.4. The molecule has 1 aromatic heterocycles. The van der Waals surface area contributed by atoms with E-state index in [4.69, 9.17) is 5.73 Å². The Hall–Kier alpha value is -1.33. The number of hydrogen-bond acceptors (Lipinski definition) is 3. The van der Waals surface area contributed by atoms with E-state index in [2.05, 4.69) is 26.1 Å². The molecule has 5 heteroatoms. The van der Waals surface area contributed by atoms with Crippen molar-refractivity contribution in [2.45, 2.75) is 12.5 Å². The smallest absolute Gasteiger partial charge is 0.137 e.